The maximum atomic E-state index is 12.2. The number of primary sulfonamides is 1. The highest BCUT2D eigenvalue weighted by Crippen LogP contribution is 2.46. The lowest BCUT2D eigenvalue weighted by Gasteiger charge is -2.44. The van der Waals surface area contributed by atoms with Crippen molar-refractivity contribution in [1.82, 2.24) is 0 Å². The molecule has 0 bridgehead atoms. The Labute approximate surface area is 213 Å². The largest absolute Gasteiger partial charge is 0.490 e. The highest BCUT2D eigenvalue weighted by atomic mass is 35.5. The Morgan fingerprint density at radius 3 is 2.80 bits per heavy atom. The molecule has 8 heteroatoms. The molecule has 2 N–H and O–H groups in total. The number of hydrogen-bond acceptors (Lipinski definition) is 5. The Balaban J connectivity index is 1.51. The summed E-state index contributed by atoms with van der Waals surface area (Å²) in [6.07, 6.45) is 7.12. The summed E-state index contributed by atoms with van der Waals surface area (Å²) in [7, 11) is -3.83. The number of fused-ring (bicyclic) bond motifs is 3. The molecule has 1 saturated carbocycles. The standard InChI is InChI=1S/C27H33ClN2O4S/c1-2-12-33-16-21-6-5-20(21)15-30-17-27(11-3-4-19-13-22(28)7-9-24(19)27)18-34-26-10-8-23(14-25(26)30)35(29,31)32/h2,7-10,13-14,20-21H,1,3-6,11-12,15-18H2,(H2,29,31,32)/t20-,21-,27-/m0/s1. The molecule has 0 aromatic heterocycles. The zero-order valence-corrected chi connectivity index (χ0v) is 21.5. The van der Waals surface area contributed by atoms with Crippen LogP contribution < -0.4 is 14.8 Å². The summed E-state index contributed by atoms with van der Waals surface area (Å²) >= 11 is 6.33. The van der Waals surface area contributed by atoms with E-state index in [2.05, 4.69) is 23.6 Å². The van der Waals surface area contributed by atoms with Gasteiger partial charge in [0.25, 0.3) is 0 Å². The Morgan fingerprint density at radius 1 is 1.23 bits per heavy atom. The van der Waals surface area contributed by atoms with Gasteiger partial charge in [-0.3, -0.25) is 0 Å². The lowest BCUT2D eigenvalue weighted by molar-refractivity contribution is 0.0466. The highest BCUT2D eigenvalue weighted by Gasteiger charge is 2.43. The van der Waals surface area contributed by atoms with Crippen LogP contribution in [0.2, 0.25) is 5.02 Å². The number of hydrogen-bond donors (Lipinski definition) is 1. The SMILES string of the molecule is C=CCOC[C@@H]1CC[C@H]1CN1C[C@@]2(CCCc3cc(Cl)ccc32)COc2ccc(S(N)(=O)=O)cc21. The normalized spacial score (nSPS) is 25.7. The van der Waals surface area contributed by atoms with E-state index in [1.807, 2.05) is 6.07 Å². The second-order valence-electron chi connectivity index (χ2n) is 10.2. The molecule has 1 fully saturated rings. The molecule has 188 valence electrons. The van der Waals surface area contributed by atoms with Gasteiger partial charge in [0, 0.05) is 23.5 Å². The monoisotopic (exact) mass is 516 g/mol. The second-order valence-corrected chi connectivity index (χ2v) is 12.2. The zero-order chi connectivity index (χ0) is 24.6. The fourth-order valence-electron chi connectivity index (χ4n) is 5.95. The van der Waals surface area contributed by atoms with Crippen LogP contribution in [0.4, 0.5) is 5.69 Å². The van der Waals surface area contributed by atoms with Gasteiger partial charge in [-0.05, 0) is 85.4 Å². The van der Waals surface area contributed by atoms with Crippen LogP contribution >= 0.6 is 11.6 Å². The molecule has 1 spiro atoms. The number of ether oxygens (including phenoxy) is 2. The number of aryl methyl sites for hydroxylation is 1. The molecule has 2 aromatic carbocycles. The Morgan fingerprint density at radius 2 is 2.06 bits per heavy atom. The minimum Gasteiger partial charge on any atom is -0.490 e. The third kappa shape index (κ3) is 4.96. The predicted molar refractivity (Wildman–Crippen MR) is 139 cm³/mol. The molecule has 1 heterocycles. The molecular weight excluding hydrogens is 484 g/mol. The van der Waals surface area contributed by atoms with Gasteiger partial charge < -0.3 is 14.4 Å². The Kier molecular flexibility index (Phi) is 6.87. The Hall–Kier alpha value is -2.06. The maximum Gasteiger partial charge on any atom is 0.238 e. The summed E-state index contributed by atoms with van der Waals surface area (Å²) in [6, 6.07) is 11.2. The first-order valence-electron chi connectivity index (χ1n) is 12.3. The van der Waals surface area contributed by atoms with Crippen LogP contribution in [-0.2, 0) is 26.6 Å². The molecule has 0 unspecified atom stereocenters. The first kappa shape index (κ1) is 24.6. The van der Waals surface area contributed by atoms with E-state index in [0.717, 1.165) is 62.5 Å². The van der Waals surface area contributed by atoms with Gasteiger partial charge in [-0.25, -0.2) is 13.6 Å². The van der Waals surface area contributed by atoms with Gasteiger partial charge in [-0.2, -0.15) is 0 Å². The van der Waals surface area contributed by atoms with E-state index in [0.29, 0.717) is 30.8 Å². The lowest BCUT2D eigenvalue weighted by atomic mass is 9.69. The lowest BCUT2D eigenvalue weighted by Crippen LogP contribution is -2.48. The highest BCUT2D eigenvalue weighted by molar-refractivity contribution is 7.89. The van der Waals surface area contributed by atoms with Crippen molar-refractivity contribution in [2.45, 2.75) is 42.4 Å². The second kappa shape index (κ2) is 9.77. The fraction of sp³-hybridized carbons (Fsp3) is 0.481. The molecule has 2 aromatic rings. The molecule has 6 nitrogen and oxygen atoms in total. The molecule has 0 radical (unpaired) electrons. The van der Waals surface area contributed by atoms with Gasteiger partial charge in [0.15, 0.2) is 0 Å². The number of nitrogens with two attached hydrogens (primary N) is 1. The third-order valence-electron chi connectivity index (χ3n) is 7.93. The maximum absolute atomic E-state index is 12.2. The summed E-state index contributed by atoms with van der Waals surface area (Å²) in [5, 5.41) is 6.25. The number of rotatable bonds is 7. The van der Waals surface area contributed by atoms with E-state index < -0.39 is 10.0 Å². The Bertz CT molecular complexity index is 1220. The van der Waals surface area contributed by atoms with E-state index in [1.165, 1.54) is 17.2 Å². The van der Waals surface area contributed by atoms with Gasteiger partial charge >= 0.3 is 0 Å². The third-order valence-corrected chi connectivity index (χ3v) is 9.08. The van der Waals surface area contributed by atoms with Crippen molar-refractivity contribution in [3.05, 3.63) is 65.2 Å². The number of anilines is 1. The van der Waals surface area contributed by atoms with Crippen LogP contribution in [0.15, 0.2) is 53.9 Å². The molecule has 3 aliphatic rings. The summed E-state index contributed by atoms with van der Waals surface area (Å²) in [5.41, 5.74) is 3.17. The smallest absolute Gasteiger partial charge is 0.238 e. The van der Waals surface area contributed by atoms with Crippen molar-refractivity contribution < 1.29 is 17.9 Å². The number of benzene rings is 2. The fourth-order valence-corrected chi connectivity index (χ4v) is 6.68. The average Bonchev–Trinajstić information content (AvgIpc) is 2.96. The van der Waals surface area contributed by atoms with Crippen molar-refractivity contribution in [2.24, 2.45) is 17.0 Å². The van der Waals surface area contributed by atoms with Gasteiger partial charge in [0.05, 0.1) is 30.4 Å². The van der Waals surface area contributed by atoms with E-state index in [-0.39, 0.29) is 10.3 Å². The number of sulfonamides is 1. The van der Waals surface area contributed by atoms with Gasteiger partial charge in [0.2, 0.25) is 10.0 Å². The van der Waals surface area contributed by atoms with Crippen molar-refractivity contribution >= 4 is 27.3 Å². The molecule has 35 heavy (non-hydrogen) atoms. The van der Waals surface area contributed by atoms with E-state index in [4.69, 9.17) is 26.2 Å². The number of nitrogens with zero attached hydrogens (tertiary/aromatic N) is 1. The molecule has 5 rings (SSSR count). The molecule has 3 atom stereocenters. The predicted octanol–water partition coefficient (Wildman–Crippen LogP) is 4.69. The molecule has 0 amide bonds. The summed E-state index contributed by atoms with van der Waals surface area (Å²) in [6.45, 7) is 7.12. The van der Waals surface area contributed by atoms with Crippen LogP contribution in [0.1, 0.15) is 36.8 Å². The van der Waals surface area contributed by atoms with Crippen LogP contribution in [0, 0.1) is 11.8 Å². The van der Waals surface area contributed by atoms with Crippen LogP contribution in [0.3, 0.4) is 0 Å². The van der Waals surface area contributed by atoms with Gasteiger partial charge in [-0.15, -0.1) is 6.58 Å². The van der Waals surface area contributed by atoms with Crippen LogP contribution in [0.5, 0.6) is 5.75 Å². The first-order chi connectivity index (χ1) is 16.8. The number of halogens is 1. The molecule has 1 aliphatic heterocycles. The van der Waals surface area contributed by atoms with Crippen molar-refractivity contribution in [3.8, 4) is 5.75 Å². The average molecular weight is 517 g/mol. The molecule has 0 saturated heterocycles. The molecule has 2 aliphatic carbocycles. The quantitative estimate of drug-likeness (QED) is 0.426. The van der Waals surface area contributed by atoms with Gasteiger partial charge in [-0.1, -0.05) is 23.7 Å². The van der Waals surface area contributed by atoms with Crippen molar-refractivity contribution in [2.75, 3.05) is 37.8 Å². The summed E-state index contributed by atoms with van der Waals surface area (Å²) in [4.78, 5) is 2.45. The zero-order valence-electron chi connectivity index (χ0n) is 19.9. The first-order valence-corrected chi connectivity index (χ1v) is 14.2. The topological polar surface area (TPSA) is 81.9 Å². The minimum atomic E-state index is -3.83. The van der Waals surface area contributed by atoms with Crippen molar-refractivity contribution in [3.63, 3.8) is 0 Å². The summed E-state index contributed by atoms with van der Waals surface area (Å²) in [5.74, 6) is 1.65. The van der Waals surface area contributed by atoms with Crippen LogP contribution in [-0.4, -0.2) is 41.3 Å². The van der Waals surface area contributed by atoms with E-state index in [9.17, 15) is 8.42 Å². The van der Waals surface area contributed by atoms with E-state index in [1.54, 1.807) is 18.2 Å². The van der Waals surface area contributed by atoms with Gasteiger partial charge in [0.1, 0.15) is 5.75 Å². The van der Waals surface area contributed by atoms with Crippen molar-refractivity contribution in [1.29, 1.82) is 0 Å². The molecular formula is C27H33ClN2O4S. The summed E-state index contributed by atoms with van der Waals surface area (Å²) < 4.78 is 36.5. The van der Waals surface area contributed by atoms with E-state index >= 15 is 0 Å². The van der Waals surface area contributed by atoms with Crippen LogP contribution in [0.25, 0.3) is 0 Å². The minimum absolute atomic E-state index is 0.108.